The van der Waals surface area contributed by atoms with Gasteiger partial charge in [0.25, 0.3) is 5.91 Å². The SMILES string of the molecule is CCc1ccccc1OCC(=O)N/N=C/c1ccc(OC)c(Br)c1. The number of halogens is 1. The second kappa shape index (κ2) is 9.08. The van der Waals surface area contributed by atoms with Gasteiger partial charge < -0.3 is 9.47 Å². The number of hydrogen-bond donors (Lipinski definition) is 1. The Morgan fingerprint density at radius 1 is 1.25 bits per heavy atom. The van der Waals surface area contributed by atoms with Gasteiger partial charge in [0, 0.05) is 0 Å². The molecule has 5 nitrogen and oxygen atoms in total. The smallest absolute Gasteiger partial charge is 0.277 e. The van der Waals surface area contributed by atoms with Crippen LogP contribution in [0.3, 0.4) is 0 Å². The Hall–Kier alpha value is -2.34. The Morgan fingerprint density at radius 3 is 2.75 bits per heavy atom. The van der Waals surface area contributed by atoms with Crippen molar-refractivity contribution in [3.8, 4) is 11.5 Å². The van der Waals surface area contributed by atoms with E-state index >= 15 is 0 Å². The van der Waals surface area contributed by atoms with Crippen LogP contribution in [-0.4, -0.2) is 25.8 Å². The van der Waals surface area contributed by atoms with Gasteiger partial charge in [-0.05, 0) is 57.7 Å². The van der Waals surface area contributed by atoms with Crippen LogP contribution in [0, 0.1) is 0 Å². The zero-order valence-electron chi connectivity index (χ0n) is 13.6. The summed E-state index contributed by atoms with van der Waals surface area (Å²) >= 11 is 3.40. The van der Waals surface area contributed by atoms with E-state index in [-0.39, 0.29) is 12.5 Å². The first-order valence-electron chi connectivity index (χ1n) is 7.50. The molecule has 0 saturated carbocycles. The van der Waals surface area contributed by atoms with Crippen molar-refractivity contribution in [1.82, 2.24) is 5.43 Å². The predicted octanol–water partition coefficient (Wildman–Crippen LogP) is 3.55. The monoisotopic (exact) mass is 390 g/mol. The minimum Gasteiger partial charge on any atom is -0.496 e. The first-order valence-corrected chi connectivity index (χ1v) is 8.29. The zero-order chi connectivity index (χ0) is 17.4. The number of amides is 1. The van der Waals surface area contributed by atoms with Crippen LogP contribution in [0.1, 0.15) is 18.1 Å². The Morgan fingerprint density at radius 2 is 2.04 bits per heavy atom. The average Bonchev–Trinajstić information content (AvgIpc) is 2.60. The van der Waals surface area contributed by atoms with Crippen LogP contribution in [0.4, 0.5) is 0 Å². The molecule has 2 aromatic carbocycles. The van der Waals surface area contributed by atoms with Crippen LogP contribution in [0.5, 0.6) is 11.5 Å². The summed E-state index contributed by atoms with van der Waals surface area (Å²) in [5, 5.41) is 3.93. The number of nitrogens with one attached hydrogen (secondary N) is 1. The maximum absolute atomic E-state index is 11.8. The largest absolute Gasteiger partial charge is 0.496 e. The fourth-order valence-corrected chi connectivity index (χ4v) is 2.61. The van der Waals surface area contributed by atoms with Crippen molar-refractivity contribution in [2.24, 2.45) is 5.10 Å². The van der Waals surface area contributed by atoms with Crippen molar-refractivity contribution in [2.75, 3.05) is 13.7 Å². The zero-order valence-corrected chi connectivity index (χ0v) is 15.2. The maximum atomic E-state index is 11.8. The van der Waals surface area contributed by atoms with E-state index < -0.39 is 0 Å². The maximum Gasteiger partial charge on any atom is 0.277 e. The van der Waals surface area contributed by atoms with Gasteiger partial charge in [0.05, 0.1) is 17.8 Å². The summed E-state index contributed by atoms with van der Waals surface area (Å²) in [6.07, 6.45) is 2.41. The molecular weight excluding hydrogens is 372 g/mol. The van der Waals surface area contributed by atoms with Crippen molar-refractivity contribution in [3.63, 3.8) is 0 Å². The Bertz CT molecular complexity index is 732. The molecule has 1 amide bonds. The summed E-state index contributed by atoms with van der Waals surface area (Å²) in [6, 6.07) is 13.2. The molecule has 2 rings (SSSR count). The molecule has 0 fully saturated rings. The number of methoxy groups -OCH3 is 1. The topological polar surface area (TPSA) is 59.9 Å². The van der Waals surface area contributed by atoms with Gasteiger partial charge in [0.2, 0.25) is 0 Å². The fraction of sp³-hybridized carbons (Fsp3) is 0.222. The molecule has 0 aliphatic heterocycles. The van der Waals surface area contributed by atoms with Crippen LogP contribution in [0.15, 0.2) is 52.0 Å². The number of para-hydroxylation sites is 1. The Kier molecular flexibility index (Phi) is 6.81. The Labute approximate surface area is 149 Å². The van der Waals surface area contributed by atoms with Gasteiger partial charge in [-0.3, -0.25) is 4.79 Å². The molecule has 0 unspecified atom stereocenters. The minimum atomic E-state index is -0.315. The van der Waals surface area contributed by atoms with Crippen molar-refractivity contribution < 1.29 is 14.3 Å². The molecule has 0 saturated heterocycles. The average molecular weight is 391 g/mol. The summed E-state index contributed by atoms with van der Waals surface area (Å²) < 4.78 is 11.5. The highest BCUT2D eigenvalue weighted by atomic mass is 79.9. The molecule has 0 aliphatic rings. The lowest BCUT2D eigenvalue weighted by Crippen LogP contribution is -2.24. The van der Waals surface area contributed by atoms with Crippen LogP contribution < -0.4 is 14.9 Å². The highest BCUT2D eigenvalue weighted by molar-refractivity contribution is 9.10. The first kappa shape index (κ1) is 18.0. The van der Waals surface area contributed by atoms with Crippen molar-refractivity contribution >= 4 is 28.1 Å². The van der Waals surface area contributed by atoms with Crippen molar-refractivity contribution in [3.05, 3.63) is 58.1 Å². The molecule has 0 radical (unpaired) electrons. The molecular formula is C18H19BrN2O3. The molecule has 2 aromatic rings. The first-order chi connectivity index (χ1) is 11.6. The minimum absolute atomic E-state index is 0.0827. The molecule has 24 heavy (non-hydrogen) atoms. The van der Waals surface area contributed by atoms with E-state index in [1.54, 1.807) is 13.3 Å². The molecule has 0 bridgehead atoms. The highest BCUT2D eigenvalue weighted by Gasteiger charge is 2.05. The van der Waals surface area contributed by atoms with Crippen LogP contribution in [0.2, 0.25) is 0 Å². The summed E-state index contributed by atoms with van der Waals surface area (Å²) in [7, 11) is 1.60. The number of hydrogen-bond acceptors (Lipinski definition) is 4. The molecule has 0 heterocycles. The number of rotatable bonds is 7. The second-order valence-electron chi connectivity index (χ2n) is 4.94. The lowest BCUT2D eigenvalue weighted by Gasteiger charge is -2.09. The van der Waals surface area contributed by atoms with E-state index in [1.165, 1.54) is 0 Å². The molecule has 1 N–H and O–H groups in total. The van der Waals surface area contributed by atoms with Gasteiger partial charge in [-0.2, -0.15) is 5.10 Å². The van der Waals surface area contributed by atoms with E-state index in [9.17, 15) is 4.79 Å². The third kappa shape index (κ3) is 5.09. The van der Waals surface area contributed by atoms with Gasteiger partial charge in [-0.15, -0.1) is 0 Å². The molecule has 0 atom stereocenters. The van der Waals surface area contributed by atoms with Crippen molar-refractivity contribution in [1.29, 1.82) is 0 Å². The van der Waals surface area contributed by atoms with E-state index in [0.717, 1.165) is 33.5 Å². The number of carbonyl (C=O) groups is 1. The lowest BCUT2D eigenvalue weighted by atomic mass is 10.1. The van der Waals surface area contributed by atoms with Gasteiger partial charge in [-0.25, -0.2) is 5.43 Å². The molecule has 6 heteroatoms. The van der Waals surface area contributed by atoms with Crippen LogP contribution in [-0.2, 0) is 11.2 Å². The number of nitrogens with zero attached hydrogens (tertiary/aromatic N) is 1. The summed E-state index contributed by atoms with van der Waals surface area (Å²) in [6.45, 7) is 1.96. The number of hydrazone groups is 1. The standard InChI is InChI=1S/C18H19BrN2O3/c1-3-14-6-4-5-7-16(14)24-12-18(22)21-20-11-13-8-9-17(23-2)15(19)10-13/h4-11H,3,12H2,1-2H3,(H,21,22)/b20-11+. The van der Waals surface area contributed by atoms with Crippen LogP contribution in [0.25, 0.3) is 0 Å². The fourth-order valence-electron chi connectivity index (χ4n) is 2.05. The Balaban J connectivity index is 1.85. The number of benzene rings is 2. The van der Waals surface area contributed by atoms with Crippen LogP contribution >= 0.6 is 15.9 Å². The predicted molar refractivity (Wildman–Crippen MR) is 97.7 cm³/mol. The van der Waals surface area contributed by atoms with Gasteiger partial charge in [-0.1, -0.05) is 25.1 Å². The number of ether oxygens (including phenoxy) is 2. The van der Waals surface area contributed by atoms with Crippen molar-refractivity contribution in [2.45, 2.75) is 13.3 Å². The molecule has 0 aliphatic carbocycles. The second-order valence-corrected chi connectivity index (χ2v) is 5.79. The lowest BCUT2D eigenvalue weighted by molar-refractivity contribution is -0.123. The molecule has 0 aromatic heterocycles. The molecule has 126 valence electrons. The normalized spacial score (nSPS) is 10.6. The number of aryl methyl sites for hydroxylation is 1. The highest BCUT2D eigenvalue weighted by Crippen LogP contribution is 2.24. The summed E-state index contributed by atoms with van der Waals surface area (Å²) in [5.41, 5.74) is 4.35. The van der Waals surface area contributed by atoms with E-state index in [1.807, 2.05) is 49.4 Å². The third-order valence-corrected chi connectivity index (χ3v) is 3.91. The quantitative estimate of drug-likeness (QED) is 0.580. The van der Waals surface area contributed by atoms with E-state index in [4.69, 9.17) is 9.47 Å². The molecule has 0 spiro atoms. The van der Waals surface area contributed by atoms with Gasteiger partial charge in [0.1, 0.15) is 11.5 Å². The van der Waals surface area contributed by atoms with Gasteiger partial charge in [0.15, 0.2) is 6.61 Å². The van der Waals surface area contributed by atoms with E-state index in [0.29, 0.717) is 0 Å². The van der Waals surface area contributed by atoms with E-state index in [2.05, 4.69) is 26.5 Å². The third-order valence-electron chi connectivity index (χ3n) is 3.29. The summed E-state index contributed by atoms with van der Waals surface area (Å²) in [5.74, 6) is 1.14. The van der Waals surface area contributed by atoms with Gasteiger partial charge >= 0.3 is 0 Å². The number of carbonyl (C=O) groups excluding carboxylic acids is 1. The summed E-state index contributed by atoms with van der Waals surface area (Å²) in [4.78, 5) is 11.8.